The quantitative estimate of drug-likeness (QED) is 0.712. The predicted octanol–water partition coefficient (Wildman–Crippen LogP) is 1.93. The molecule has 2 heterocycles. The number of benzene rings is 1. The molecule has 0 spiro atoms. The number of fused-ring (bicyclic) bond motifs is 1. The third kappa shape index (κ3) is 3.60. The van der Waals surface area contributed by atoms with E-state index in [9.17, 15) is 9.90 Å². The Morgan fingerprint density at radius 3 is 2.77 bits per heavy atom. The molecule has 1 aliphatic rings. The predicted molar refractivity (Wildman–Crippen MR) is 98.3 cm³/mol. The number of para-hydroxylation sites is 2. The number of nitrogens with zero attached hydrogens (tertiary/aromatic N) is 3. The van der Waals surface area contributed by atoms with E-state index in [1.54, 1.807) is 12.5 Å². The van der Waals surface area contributed by atoms with Gasteiger partial charge in [0.15, 0.2) is 0 Å². The third-order valence-electron chi connectivity index (χ3n) is 5.06. The third-order valence-corrected chi connectivity index (χ3v) is 5.06. The summed E-state index contributed by atoms with van der Waals surface area (Å²) < 4.78 is 1.86. The van der Waals surface area contributed by atoms with Crippen LogP contribution in [0.2, 0.25) is 0 Å². The number of imidazole rings is 1. The lowest BCUT2D eigenvalue weighted by atomic mass is 9.76. The molecule has 26 heavy (non-hydrogen) atoms. The molecule has 1 aliphatic carbocycles. The molecule has 1 amide bonds. The molecule has 1 aromatic carbocycles. The van der Waals surface area contributed by atoms with E-state index in [-0.39, 0.29) is 30.5 Å². The maximum absolute atomic E-state index is 12.6. The van der Waals surface area contributed by atoms with Gasteiger partial charge in [-0.2, -0.15) is 0 Å². The Morgan fingerprint density at radius 2 is 2.00 bits per heavy atom. The monoisotopic (exact) mass is 350 g/mol. The zero-order valence-electron chi connectivity index (χ0n) is 14.5. The van der Waals surface area contributed by atoms with E-state index >= 15 is 0 Å². The van der Waals surface area contributed by atoms with E-state index < -0.39 is 0 Å². The van der Waals surface area contributed by atoms with Crippen molar-refractivity contribution in [1.29, 1.82) is 0 Å². The molecule has 0 saturated heterocycles. The minimum absolute atomic E-state index is 0.0180. The summed E-state index contributed by atoms with van der Waals surface area (Å²) in [6, 6.07) is 13.6. The number of aromatic nitrogens is 3. The molecular weight excluding hydrogens is 328 g/mol. The van der Waals surface area contributed by atoms with Crippen LogP contribution in [0, 0.1) is 5.92 Å². The van der Waals surface area contributed by atoms with Gasteiger partial charge in [-0.05, 0) is 43.0 Å². The topological polar surface area (TPSA) is 80.0 Å². The molecule has 0 bridgehead atoms. The molecule has 134 valence electrons. The lowest BCUT2D eigenvalue weighted by molar-refractivity contribution is -0.123. The van der Waals surface area contributed by atoms with Crippen LogP contribution in [-0.4, -0.2) is 37.7 Å². The molecule has 1 saturated carbocycles. The molecule has 1 fully saturated rings. The first-order valence-corrected chi connectivity index (χ1v) is 8.96. The van der Waals surface area contributed by atoms with Crippen molar-refractivity contribution in [1.82, 2.24) is 19.9 Å². The fourth-order valence-corrected chi connectivity index (χ4v) is 3.58. The van der Waals surface area contributed by atoms with Gasteiger partial charge in [0.1, 0.15) is 6.54 Å². The summed E-state index contributed by atoms with van der Waals surface area (Å²) >= 11 is 0. The van der Waals surface area contributed by atoms with Gasteiger partial charge in [-0.1, -0.05) is 18.2 Å². The number of aliphatic hydroxyl groups is 1. The number of pyridine rings is 1. The molecule has 0 radical (unpaired) electrons. The largest absolute Gasteiger partial charge is 0.393 e. The molecule has 2 aromatic heterocycles. The number of carbonyl (C=O) groups excluding carboxylic acids is 1. The van der Waals surface area contributed by atoms with Crippen LogP contribution in [0.15, 0.2) is 55.0 Å². The average molecular weight is 350 g/mol. The molecular formula is C20H22N4O2. The molecule has 3 aromatic rings. The fraction of sp³-hybridized carbons (Fsp3) is 0.350. The van der Waals surface area contributed by atoms with Crippen molar-refractivity contribution in [2.24, 2.45) is 5.92 Å². The van der Waals surface area contributed by atoms with Gasteiger partial charge in [-0.25, -0.2) is 4.98 Å². The van der Waals surface area contributed by atoms with Gasteiger partial charge in [0.2, 0.25) is 5.91 Å². The van der Waals surface area contributed by atoms with Gasteiger partial charge < -0.3 is 15.0 Å². The second kappa shape index (κ2) is 7.25. The van der Waals surface area contributed by atoms with Crippen LogP contribution in [0.25, 0.3) is 11.0 Å². The van der Waals surface area contributed by atoms with Crippen LogP contribution in [0.4, 0.5) is 0 Å². The highest BCUT2D eigenvalue weighted by molar-refractivity contribution is 5.80. The summed E-state index contributed by atoms with van der Waals surface area (Å²) in [5, 5.41) is 12.8. The van der Waals surface area contributed by atoms with Gasteiger partial charge in [-0.15, -0.1) is 0 Å². The second-order valence-electron chi connectivity index (χ2n) is 6.95. The Morgan fingerprint density at radius 1 is 1.19 bits per heavy atom. The van der Waals surface area contributed by atoms with E-state index in [1.807, 2.05) is 47.0 Å². The molecule has 4 rings (SSSR count). The second-order valence-corrected chi connectivity index (χ2v) is 6.95. The molecule has 0 aliphatic heterocycles. The van der Waals surface area contributed by atoms with Gasteiger partial charge in [0, 0.05) is 24.4 Å². The number of hydrogen-bond acceptors (Lipinski definition) is 4. The van der Waals surface area contributed by atoms with E-state index in [2.05, 4.69) is 15.3 Å². The first-order valence-electron chi connectivity index (χ1n) is 8.96. The van der Waals surface area contributed by atoms with E-state index in [4.69, 9.17) is 0 Å². The van der Waals surface area contributed by atoms with Crippen molar-refractivity contribution in [2.45, 2.75) is 38.0 Å². The van der Waals surface area contributed by atoms with Gasteiger partial charge in [0.25, 0.3) is 0 Å². The van der Waals surface area contributed by atoms with Crippen molar-refractivity contribution < 1.29 is 9.90 Å². The SMILES string of the molecule is O=C(Cn1cnc2ccccc21)N[C@@H](Cc1ccccn1)C1CC(O)C1. The minimum Gasteiger partial charge on any atom is -0.393 e. The Hall–Kier alpha value is -2.73. The van der Waals surface area contributed by atoms with Crippen molar-refractivity contribution >= 4 is 16.9 Å². The van der Waals surface area contributed by atoms with Gasteiger partial charge in [-0.3, -0.25) is 9.78 Å². The smallest absolute Gasteiger partial charge is 0.240 e. The Bertz CT molecular complexity index is 887. The minimum atomic E-state index is -0.249. The van der Waals surface area contributed by atoms with Crippen LogP contribution in [0.1, 0.15) is 18.5 Å². The number of aliphatic hydroxyl groups excluding tert-OH is 1. The molecule has 6 heteroatoms. The number of hydrogen-bond donors (Lipinski definition) is 2. The first kappa shape index (κ1) is 16.7. The molecule has 6 nitrogen and oxygen atoms in total. The first-order chi connectivity index (χ1) is 12.7. The van der Waals surface area contributed by atoms with Crippen molar-refractivity contribution in [3.8, 4) is 0 Å². The van der Waals surface area contributed by atoms with Gasteiger partial charge >= 0.3 is 0 Å². The summed E-state index contributed by atoms with van der Waals surface area (Å²) in [6.45, 7) is 0.231. The van der Waals surface area contributed by atoms with Crippen LogP contribution in [0.3, 0.4) is 0 Å². The lowest BCUT2D eigenvalue weighted by Crippen LogP contribution is -2.49. The van der Waals surface area contributed by atoms with Crippen molar-refractivity contribution in [2.75, 3.05) is 0 Å². The molecule has 0 unspecified atom stereocenters. The molecule has 1 atom stereocenters. The van der Waals surface area contributed by atoms with E-state index in [1.165, 1.54) is 0 Å². The Labute approximate surface area is 151 Å². The lowest BCUT2D eigenvalue weighted by Gasteiger charge is -2.38. The highest BCUT2D eigenvalue weighted by Crippen LogP contribution is 2.31. The summed E-state index contributed by atoms with van der Waals surface area (Å²) in [5.41, 5.74) is 2.78. The zero-order valence-corrected chi connectivity index (χ0v) is 14.5. The maximum atomic E-state index is 12.6. The number of rotatable bonds is 6. The Balaban J connectivity index is 1.45. The van der Waals surface area contributed by atoms with Gasteiger partial charge in [0.05, 0.1) is 23.5 Å². The Kier molecular flexibility index (Phi) is 4.67. The standard InChI is InChI=1S/C20H22N4O2/c25-16-9-14(10-16)18(11-15-5-3-4-8-21-15)23-20(26)12-24-13-22-17-6-1-2-7-19(17)24/h1-8,13-14,16,18,25H,9-12H2,(H,23,26)/t14?,16?,18-/m0/s1. The van der Waals surface area contributed by atoms with Crippen LogP contribution >= 0.6 is 0 Å². The van der Waals surface area contributed by atoms with Crippen molar-refractivity contribution in [3.63, 3.8) is 0 Å². The fourth-order valence-electron chi connectivity index (χ4n) is 3.58. The van der Waals surface area contributed by atoms with Crippen LogP contribution in [-0.2, 0) is 17.8 Å². The average Bonchev–Trinajstić information content (AvgIpc) is 3.02. The number of amides is 1. The summed E-state index contributed by atoms with van der Waals surface area (Å²) in [6.07, 6.45) is 5.35. The summed E-state index contributed by atoms with van der Waals surface area (Å²) in [7, 11) is 0. The number of nitrogens with one attached hydrogen (secondary N) is 1. The van der Waals surface area contributed by atoms with Crippen LogP contribution < -0.4 is 5.32 Å². The highest BCUT2D eigenvalue weighted by atomic mass is 16.3. The normalized spacial score (nSPS) is 20.5. The van der Waals surface area contributed by atoms with Crippen LogP contribution in [0.5, 0.6) is 0 Å². The molecule has 2 N–H and O–H groups in total. The van der Waals surface area contributed by atoms with Crippen molar-refractivity contribution in [3.05, 3.63) is 60.7 Å². The van der Waals surface area contributed by atoms with E-state index in [0.29, 0.717) is 6.42 Å². The summed E-state index contributed by atoms with van der Waals surface area (Å²) in [5.74, 6) is 0.242. The summed E-state index contributed by atoms with van der Waals surface area (Å²) in [4.78, 5) is 21.3. The highest BCUT2D eigenvalue weighted by Gasteiger charge is 2.35. The maximum Gasteiger partial charge on any atom is 0.240 e. The van der Waals surface area contributed by atoms with E-state index in [0.717, 1.165) is 29.6 Å². The zero-order chi connectivity index (χ0) is 17.9. The number of carbonyl (C=O) groups is 1.